The molecule has 0 unspecified atom stereocenters. The van der Waals surface area contributed by atoms with Crippen molar-refractivity contribution < 1.29 is 0 Å². The number of aromatic nitrogens is 3. The van der Waals surface area contributed by atoms with Crippen LogP contribution in [0.3, 0.4) is 0 Å². The van der Waals surface area contributed by atoms with E-state index < -0.39 is 0 Å². The predicted octanol–water partition coefficient (Wildman–Crippen LogP) is 9.66. The van der Waals surface area contributed by atoms with Gasteiger partial charge in [-0.2, -0.15) is 0 Å². The van der Waals surface area contributed by atoms with Crippen LogP contribution >= 0.6 is 11.3 Å². The molecule has 3 aromatic heterocycles. The normalized spacial score (nSPS) is 12.4. The lowest BCUT2D eigenvalue weighted by atomic mass is 9.90. The second-order valence-corrected chi connectivity index (χ2v) is 11.2. The summed E-state index contributed by atoms with van der Waals surface area (Å²) in [7, 11) is 0. The largest absolute Gasteiger partial charge is 0.278 e. The van der Waals surface area contributed by atoms with Gasteiger partial charge in [-0.15, -0.1) is 11.3 Å². The number of pyridine rings is 1. The Morgan fingerprint density at radius 3 is 2.30 bits per heavy atom. The van der Waals surface area contributed by atoms with E-state index in [0.717, 1.165) is 38.2 Å². The lowest BCUT2D eigenvalue weighted by Gasteiger charge is -2.32. The molecule has 5 aromatic carbocycles. The summed E-state index contributed by atoms with van der Waals surface area (Å²) in [4.78, 5) is 17.3. The van der Waals surface area contributed by atoms with E-state index in [2.05, 4.69) is 113 Å². The molecule has 0 spiro atoms. The lowest BCUT2D eigenvalue weighted by Crippen LogP contribution is -2.18. The molecule has 0 aliphatic carbocycles. The van der Waals surface area contributed by atoms with Gasteiger partial charge in [-0.05, 0) is 58.1 Å². The van der Waals surface area contributed by atoms with E-state index in [9.17, 15) is 0 Å². The zero-order valence-corrected chi connectivity index (χ0v) is 22.1. The van der Waals surface area contributed by atoms with Crippen LogP contribution in [-0.4, -0.2) is 15.0 Å². The molecule has 0 saturated carbocycles. The Kier molecular flexibility index (Phi) is 4.45. The number of fused-ring (bicyclic) bond motifs is 6. The molecule has 0 amide bonds. The quantitative estimate of drug-likeness (QED) is 0.224. The van der Waals surface area contributed by atoms with Crippen LogP contribution < -0.4 is 4.90 Å². The van der Waals surface area contributed by atoms with E-state index in [4.69, 9.17) is 9.97 Å². The van der Waals surface area contributed by atoms with Gasteiger partial charge in [-0.1, -0.05) is 72.8 Å². The Balaban J connectivity index is 1.43. The van der Waals surface area contributed by atoms with Crippen molar-refractivity contribution in [2.75, 3.05) is 4.90 Å². The summed E-state index contributed by atoms with van der Waals surface area (Å²) in [6.45, 7) is 0. The van der Waals surface area contributed by atoms with Gasteiger partial charge >= 0.3 is 0 Å². The predicted molar refractivity (Wildman–Crippen MR) is 167 cm³/mol. The molecule has 0 bridgehead atoms. The summed E-state index contributed by atoms with van der Waals surface area (Å²) in [6.07, 6.45) is 3.70. The maximum absolute atomic E-state index is 5.32. The molecule has 9 rings (SSSR count). The van der Waals surface area contributed by atoms with Crippen LogP contribution in [-0.2, 0) is 0 Å². The fourth-order valence-electron chi connectivity index (χ4n) is 6.08. The number of rotatable bonds is 2. The smallest absolute Gasteiger partial charge is 0.235 e. The van der Waals surface area contributed by atoms with Crippen molar-refractivity contribution in [3.63, 3.8) is 0 Å². The van der Waals surface area contributed by atoms with Crippen LogP contribution in [0.25, 0.3) is 64.2 Å². The van der Waals surface area contributed by atoms with Gasteiger partial charge in [0, 0.05) is 39.0 Å². The molecule has 1 aliphatic heterocycles. The molecule has 40 heavy (non-hydrogen) atoms. The first kappa shape index (κ1) is 21.8. The molecule has 8 aromatic rings. The Morgan fingerprint density at radius 2 is 1.43 bits per heavy atom. The number of benzene rings is 5. The molecule has 0 atom stereocenters. The van der Waals surface area contributed by atoms with Gasteiger partial charge < -0.3 is 0 Å². The van der Waals surface area contributed by atoms with Crippen LogP contribution in [0.4, 0.5) is 17.3 Å². The number of nitrogens with zero attached hydrogens (tertiary/aromatic N) is 4. The number of hydrogen-bond donors (Lipinski definition) is 0. The summed E-state index contributed by atoms with van der Waals surface area (Å²) < 4.78 is 2.28. The van der Waals surface area contributed by atoms with E-state index in [-0.39, 0.29) is 0 Å². The minimum absolute atomic E-state index is 0.661. The van der Waals surface area contributed by atoms with Crippen molar-refractivity contribution in [2.45, 2.75) is 0 Å². The Bertz CT molecular complexity index is 2280. The third-order valence-corrected chi connectivity index (χ3v) is 9.03. The first-order valence-corrected chi connectivity index (χ1v) is 14.1. The average Bonchev–Trinajstić information content (AvgIpc) is 3.39. The number of hydrogen-bond acceptors (Lipinski definition) is 5. The topological polar surface area (TPSA) is 41.9 Å². The zero-order valence-electron chi connectivity index (χ0n) is 21.2. The minimum Gasteiger partial charge on any atom is -0.278 e. The minimum atomic E-state index is 0.661. The maximum Gasteiger partial charge on any atom is 0.235 e. The molecule has 5 heteroatoms. The number of anilines is 3. The summed E-state index contributed by atoms with van der Waals surface area (Å²) in [5.41, 5.74) is 7.45. The van der Waals surface area contributed by atoms with E-state index in [1.54, 1.807) is 17.5 Å². The maximum atomic E-state index is 5.32. The molecular weight excluding hydrogens is 508 g/mol. The van der Waals surface area contributed by atoms with Crippen LogP contribution in [0.15, 0.2) is 122 Å². The van der Waals surface area contributed by atoms with E-state index in [0.29, 0.717) is 5.95 Å². The molecule has 0 N–H and O–H groups in total. The fourth-order valence-corrected chi connectivity index (χ4v) is 7.24. The molecular formula is C35H20N4S. The first-order chi connectivity index (χ1) is 19.8. The van der Waals surface area contributed by atoms with Gasteiger partial charge in [0.2, 0.25) is 5.95 Å². The molecule has 186 valence electrons. The van der Waals surface area contributed by atoms with Gasteiger partial charge in [-0.3, -0.25) is 9.88 Å². The molecule has 1 aliphatic rings. The monoisotopic (exact) mass is 528 g/mol. The van der Waals surface area contributed by atoms with E-state index >= 15 is 0 Å². The molecule has 4 nitrogen and oxygen atoms in total. The van der Waals surface area contributed by atoms with Crippen LogP contribution in [0.1, 0.15) is 0 Å². The van der Waals surface area contributed by atoms with Crippen LogP contribution in [0, 0.1) is 0 Å². The Hall–Kier alpha value is -5.13. The number of thiophene rings is 1. The Morgan fingerprint density at radius 1 is 0.625 bits per heavy atom. The highest BCUT2D eigenvalue weighted by Crippen LogP contribution is 2.52. The van der Waals surface area contributed by atoms with Gasteiger partial charge in [0.1, 0.15) is 0 Å². The highest BCUT2D eigenvalue weighted by Gasteiger charge is 2.29. The highest BCUT2D eigenvalue weighted by molar-refractivity contribution is 7.26. The van der Waals surface area contributed by atoms with E-state index in [1.807, 2.05) is 12.3 Å². The van der Waals surface area contributed by atoms with Gasteiger partial charge in [0.05, 0.1) is 27.3 Å². The van der Waals surface area contributed by atoms with Crippen LogP contribution in [0.2, 0.25) is 0 Å². The van der Waals surface area contributed by atoms with Crippen LogP contribution in [0.5, 0.6) is 0 Å². The van der Waals surface area contributed by atoms with Gasteiger partial charge in [0.25, 0.3) is 0 Å². The van der Waals surface area contributed by atoms with Crippen molar-refractivity contribution in [3.05, 3.63) is 122 Å². The summed E-state index contributed by atoms with van der Waals surface area (Å²) in [5, 5.41) is 5.97. The summed E-state index contributed by atoms with van der Waals surface area (Å²) >= 11 is 1.74. The first-order valence-electron chi connectivity index (χ1n) is 13.3. The van der Waals surface area contributed by atoms with Crippen molar-refractivity contribution in [3.8, 4) is 22.4 Å². The third-order valence-electron chi connectivity index (χ3n) is 7.86. The summed E-state index contributed by atoms with van der Waals surface area (Å²) in [6, 6.07) is 38.7. The third kappa shape index (κ3) is 3.04. The van der Waals surface area contributed by atoms with Gasteiger partial charge in [0.15, 0.2) is 0 Å². The van der Waals surface area contributed by atoms with Crippen molar-refractivity contribution in [1.29, 1.82) is 0 Å². The van der Waals surface area contributed by atoms with Crippen molar-refractivity contribution in [1.82, 2.24) is 15.0 Å². The highest BCUT2D eigenvalue weighted by atomic mass is 32.1. The second-order valence-electron chi connectivity index (χ2n) is 10.1. The lowest BCUT2D eigenvalue weighted by molar-refractivity contribution is 1.12. The molecule has 0 radical (unpaired) electrons. The Labute approximate surface area is 233 Å². The standard InChI is InChI=1S/C35H20N4S/c1-2-9-23-19-29-27(18-22(23)8-1)25-14-5-10-21-11-6-15-28(31(21)25)39(29)35-37-32(24-12-7-17-36-20-24)34-33(38-35)26-13-3-4-16-30(26)40-34/h1-20H. The van der Waals surface area contributed by atoms with Gasteiger partial charge in [-0.25, -0.2) is 9.97 Å². The molecule has 4 heterocycles. The zero-order chi connectivity index (χ0) is 26.2. The van der Waals surface area contributed by atoms with Crippen molar-refractivity contribution >= 4 is 70.5 Å². The molecule has 0 fully saturated rings. The van der Waals surface area contributed by atoms with E-state index in [1.165, 1.54) is 37.4 Å². The summed E-state index contributed by atoms with van der Waals surface area (Å²) in [5.74, 6) is 0.661. The van der Waals surface area contributed by atoms with Crippen molar-refractivity contribution in [2.24, 2.45) is 0 Å². The fraction of sp³-hybridized carbons (Fsp3) is 0. The average molecular weight is 529 g/mol. The SMILES string of the molecule is c1cncc(-c2nc(N3c4cc5ccccc5cc4-c4cccc5cccc3c45)nc3c2sc2ccccc23)c1. The molecule has 0 saturated heterocycles. The second kappa shape index (κ2) is 8.18.